The van der Waals surface area contributed by atoms with Gasteiger partial charge in [-0.05, 0) is 30.4 Å². The minimum absolute atomic E-state index is 0.387. The predicted molar refractivity (Wildman–Crippen MR) is 92.3 cm³/mol. The molecule has 0 fully saturated rings. The Morgan fingerprint density at radius 2 is 1.95 bits per heavy atom. The van der Waals surface area contributed by atoms with E-state index in [-0.39, 0.29) is 0 Å². The Morgan fingerprint density at radius 1 is 1.14 bits per heavy atom. The van der Waals surface area contributed by atoms with Gasteiger partial charge in [0.1, 0.15) is 0 Å². The van der Waals surface area contributed by atoms with Crippen molar-refractivity contribution in [2.75, 3.05) is 0 Å². The van der Waals surface area contributed by atoms with Gasteiger partial charge in [0.05, 0.1) is 6.21 Å². The van der Waals surface area contributed by atoms with Crippen LogP contribution in [0, 0.1) is 4.77 Å². The summed E-state index contributed by atoms with van der Waals surface area (Å²) in [6.07, 6.45) is 1.64. The van der Waals surface area contributed by atoms with Crippen molar-refractivity contribution < 1.29 is 0 Å². The van der Waals surface area contributed by atoms with Crippen molar-refractivity contribution in [2.24, 2.45) is 5.10 Å². The highest BCUT2D eigenvalue weighted by atomic mass is 35.5. The molecule has 0 saturated carbocycles. The Hall–Kier alpha value is -1.95. The van der Waals surface area contributed by atoms with Gasteiger partial charge in [-0.3, -0.25) is 0 Å². The second-order valence-corrected chi connectivity index (χ2v) is 5.67. The summed E-state index contributed by atoms with van der Waals surface area (Å²) in [7, 11) is 0. The topological polar surface area (TPSA) is 46.0 Å². The maximum Gasteiger partial charge on any atom is 0.216 e. The highest BCUT2D eigenvalue weighted by molar-refractivity contribution is 7.71. The lowest BCUT2D eigenvalue weighted by atomic mass is 10.2. The zero-order valence-corrected chi connectivity index (χ0v) is 13.5. The first-order chi connectivity index (χ1) is 10.6. The maximum atomic E-state index is 6.11. The van der Waals surface area contributed by atoms with Crippen LogP contribution in [0.3, 0.4) is 0 Å². The first-order valence-electron chi connectivity index (χ1n) is 6.37. The summed E-state index contributed by atoms with van der Waals surface area (Å²) in [5, 5.41) is 12.5. The Morgan fingerprint density at radius 3 is 2.73 bits per heavy atom. The number of nitrogens with zero attached hydrogens (tertiary/aromatic N) is 3. The molecule has 3 rings (SSSR count). The quantitative estimate of drug-likeness (QED) is 0.545. The van der Waals surface area contributed by atoms with Gasteiger partial charge >= 0.3 is 0 Å². The van der Waals surface area contributed by atoms with E-state index in [4.69, 9.17) is 35.4 Å². The van der Waals surface area contributed by atoms with Crippen LogP contribution in [0.15, 0.2) is 53.6 Å². The van der Waals surface area contributed by atoms with Crippen molar-refractivity contribution in [3.8, 4) is 11.4 Å². The van der Waals surface area contributed by atoms with Gasteiger partial charge in [0.25, 0.3) is 0 Å². The molecule has 0 aliphatic rings. The molecule has 0 atom stereocenters. The monoisotopic (exact) mass is 348 g/mol. The van der Waals surface area contributed by atoms with E-state index in [0.717, 1.165) is 11.1 Å². The molecule has 0 aliphatic carbocycles. The molecule has 110 valence electrons. The molecule has 0 radical (unpaired) electrons. The van der Waals surface area contributed by atoms with Crippen LogP contribution in [0.1, 0.15) is 5.56 Å². The fourth-order valence-electron chi connectivity index (χ4n) is 1.91. The molecule has 1 aromatic heterocycles. The SMILES string of the molecule is S=c1[nH]nc(-c2cccc(Cl)c2)n1/N=C/c1ccccc1Cl. The van der Waals surface area contributed by atoms with Crippen molar-refractivity contribution in [3.63, 3.8) is 0 Å². The zero-order chi connectivity index (χ0) is 15.5. The van der Waals surface area contributed by atoms with E-state index in [1.165, 1.54) is 4.68 Å². The Balaban J connectivity index is 2.04. The average molecular weight is 349 g/mol. The number of H-pyrrole nitrogens is 1. The summed E-state index contributed by atoms with van der Waals surface area (Å²) in [4.78, 5) is 0. The van der Waals surface area contributed by atoms with Crippen LogP contribution in [-0.4, -0.2) is 21.1 Å². The third kappa shape index (κ3) is 3.11. The summed E-state index contributed by atoms with van der Waals surface area (Å²) < 4.78 is 1.92. The van der Waals surface area contributed by atoms with Crippen LogP contribution in [0.4, 0.5) is 0 Å². The Labute approximate surface area is 142 Å². The van der Waals surface area contributed by atoms with E-state index in [1.54, 1.807) is 24.4 Å². The summed E-state index contributed by atoms with van der Waals surface area (Å²) >= 11 is 17.4. The number of hydrogen-bond acceptors (Lipinski definition) is 3. The van der Waals surface area contributed by atoms with E-state index in [0.29, 0.717) is 20.6 Å². The third-order valence-electron chi connectivity index (χ3n) is 2.95. The minimum Gasteiger partial charge on any atom is -0.250 e. The standard InChI is InChI=1S/C15H10Cl2N4S/c16-12-6-3-5-10(8-12)14-19-20-15(22)21(14)18-9-11-4-1-2-7-13(11)17/h1-9H,(H,20,22)/b18-9+. The predicted octanol–water partition coefficient (Wildman–Crippen LogP) is 4.80. The number of rotatable bonds is 3. The van der Waals surface area contributed by atoms with Gasteiger partial charge in [0, 0.05) is 21.2 Å². The molecule has 0 amide bonds. The lowest BCUT2D eigenvalue weighted by molar-refractivity contribution is 0.871. The van der Waals surface area contributed by atoms with Crippen molar-refractivity contribution in [1.29, 1.82) is 0 Å². The largest absolute Gasteiger partial charge is 0.250 e. The van der Waals surface area contributed by atoms with E-state index < -0.39 is 0 Å². The number of aromatic amines is 1. The number of benzene rings is 2. The van der Waals surface area contributed by atoms with E-state index in [2.05, 4.69) is 15.3 Å². The second-order valence-electron chi connectivity index (χ2n) is 4.44. The van der Waals surface area contributed by atoms with Gasteiger partial charge in [-0.25, -0.2) is 5.10 Å². The highest BCUT2D eigenvalue weighted by Crippen LogP contribution is 2.21. The summed E-state index contributed by atoms with van der Waals surface area (Å²) in [5.74, 6) is 0.579. The average Bonchev–Trinajstić information content (AvgIpc) is 2.87. The van der Waals surface area contributed by atoms with Gasteiger partial charge in [-0.1, -0.05) is 53.5 Å². The molecule has 0 spiro atoms. The van der Waals surface area contributed by atoms with Crippen LogP contribution < -0.4 is 0 Å². The zero-order valence-electron chi connectivity index (χ0n) is 11.2. The molecule has 1 N–H and O–H groups in total. The van der Waals surface area contributed by atoms with Crippen LogP contribution in [-0.2, 0) is 0 Å². The highest BCUT2D eigenvalue weighted by Gasteiger charge is 2.08. The molecule has 0 aliphatic heterocycles. The minimum atomic E-state index is 0.387. The van der Waals surface area contributed by atoms with Gasteiger partial charge in [0.2, 0.25) is 4.77 Å². The molecule has 2 aromatic carbocycles. The van der Waals surface area contributed by atoms with Crippen molar-refractivity contribution in [3.05, 3.63) is 68.9 Å². The van der Waals surface area contributed by atoms with Crippen LogP contribution in [0.2, 0.25) is 10.0 Å². The molecular weight excluding hydrogens is 339 g/mol. The number of halogens is 2. The Bertz CT molecular complexity index is 898. The van der Waals surface area contributed by atoms with Gasteiger partial charge in [-0.2, -0.15) is 14.9 Å². The molecule has 22 heavy (non-hydrogen) atoms. The maximum absolute atomic E-state index is 6.11. The number of aromatic nitrogens is 3. The van der Waals surface area contributed by atoms with Crippen molar-refractivity contribution in [2.45, 2.75) is 0 Å². The first-order valence-corrected chi connectivity index (χ1v) is 7.54. The summed E-state index contributed by atoms with van der Waals surface area (Å²) in [6, 6.07) is 14.7. The number of nitrogens with one attached hydrogen (secondary N) is 1. The van der Waals surface area contributed by atoms with Gasteiger partial charge in [-0.15, -0.1) is 0 Å². The molecule has 3 aromatic rings. The molecule has 0 unspecified atom stereocenters. The molecule has 7 heteroatoms. The van der Waals surface area contributed by atoms with E-state index in [9.17, 15) is 0 Å². The molecule has 0 bridgehead atoms. The van der Waals surface area contributed by atoms with Crippen LogP contribution in [0.25, 0.3) is 11.4 Å². The summed E-state index contributed by atoms with van der Waals surface area (Å²) in [6.45, 7) is 0. The fourth-order valence-corrected chi connectivity index (χ4v) is 2.47. The first kappa shape index (κ1) is 15.0. The Kier molecular flexibility index (Phi) is 4.38. The molecule has 0 saturated heterocycles. The van der Waals surface area contributed by atoms with Crippen molar-refractivity contribution in [1.82, 2.24) is 14.9 Å². The van der Waals surface area contributed by atoms with Crippen LogP contribution in [0.5, 0.6) is 0 Å². The van der Waals surface area contributed by atoms with Crippen molar-refractivity contribution >= 4 is 41.6 Å². The fraction of sp³-hybridized carbons (Fsp3) is 0. The lowest BCUT2D eigenvalue weighted by Gasteiger charge is -2.02. The molecule has 4 nitrogen and oxygen atoms in total. The van der Waals surface area contributed by atoms with E-state index >= 15 is 0 Å². The normalized spacial score (nSPS) is 11.2. The third-order valence-corrected chi connectivity index (χ3v) is 3.79. The van der Waals surface area contributed by atoms with Crippen LogP contribution >= 0.6 is 35.4 Å². The number of hydrogen-bond donors (Lipinski definition) is 1. The smallest absolute Gasteiger partial charge is 0.216 e. The summed E-state index contributed by atoms with van der Waals surface area (Å²) in [5.41, 5.74) is 1.61. The van der Waals surface area contributed by atoms with Gasteiger partial charge < -0.3 is 0 Å². The second kappa shape index (κ2) is 6.44. The lowest BCUT2D eigenvalue weighted by Crippen LogP contribution is -1.95. The van der Waals surface area contributed by atoms with E-state index in [1.807, 2.05) is 30.3 Å². The molecular formula is C15H10Cl2N4S. The molecule has 1 heterocycles. The van der Waals surface area contributed by atoms with Gasteiger partial charge in [0.15, 0.2) is 5.82 Å².